The highest BCUT2D eigenvalue weighted by molar-refractivity contribution is 7.98. The highest BCUT2D eigenvalue weighted by Crippen LogP contribution is 2.30. The normalized spacial score (nSPS) is 14.1. The van der Waals surface area contributed by atoms with Crippen molar-refractivity contribution in [3.8, 4) is 11.4 Å². The molecule has 3 aromatic rings. The standard InChI is InChI=1S/C22H23ClN4O2S/c1-2-27-20(18-5-3-4-6-19(18)23)24-25-22(27)30-15-16-7-9-17(10-8-16)21(28)26-11-13-29-14-12-26/h3-10H,2,11-15H2,1H3. The fraction of sp³-hybridized carbons (Fsp3) is 0.318. The molecule has 1 aliphatic rings. The maximum Gasteiger partial charge on any atom is 0.254 e. The van der Waals surface area contributed by atoms with Crippen molar-refractivity contribution < 1.29 is 9.53 Å². The van der Waals surface area contributed by atoms with Crippen LogP contribution in [0.3, 0.4) is 0 Å². The van der Waals surface area contributed by atoms with Crippen LogP contribution >= 0.6 is 23.4 Å². The molecule has 0 atom stereocenters. The van der Waals surface area contributed by atoms with Crippen LogP contribution < -0.4 is 0 Å². The van der Waals surface area contributed by atoms with E-state index in [1.54, 1.807) is 11.8 Å². The quantitative estimate of drug-likeness (QED) is 0.530. The molecule has 1 amide bonds. The smallest absolute Gasteiger partial charge is 0.254 e. The lowest BCUT2D eigenvalue weighted by Crippen LogP contribution is -2.40. The third-order valence-corrected chi connectivity index (χ3v) is 6.38. The molecular weight excluding hydrogens is 420 g/mol. The van der Waals surface area contributed by atoms with Gasteiger partial charge in [0.05, 0.1) is 18.2 Å². The van der Waals surface area contributed by atoms with Crippen LogP contribution in [0.5, 0.6) is 0 Å². The Balaban J connectivity index is 1.44. The number of aromatic nitrogens is 3. The first kappa shape index (κ1) is 20.9. The lowest BCUT2D eigenvalue weighted by molar-refractivity contribution is 0.0303. The molecule has 1 aliphatic heterocycles. The minimum Gasteiger partial charge on any atom is -0.378 e. The number of thioether (sulfide) groups is 1. The molecular formula is C22H23ClN4O2S. The van der Waals surface area contributed by atoms with Crippen LogP contribution in [0.2, 0.25) is 5.02 Å². The highest BCUT2D eigenvalue weighted by Gasteiger charge is 2.19. The average molecular weight is 443 g/mol. The van der Waals surface area contributed by atoms with Gasteiger partial charge in [-0.05, 0) is 36.8 Å². The van der Waals surface area contributed by atoms with Crippen molar-refractivity contribution in [1.82, 2.24) is 19.7 Å². The topological polar surface area (TPSA) is 60.2 Å². The van der Waals surface area contributed by atoms with Gasteiger partial charge in [-0.15, -0.1) is 10.2 Å². The molecule has 0 spiro atoms. The molecule has 6 nitrogen and oxygen atoms in total. The van der Waals surface area contributed by atoms with E-state index in [0.717, 1.165) is 34.4 Å². The molecule has 8 heteroatoms. The molecule has 156 valence electrons. The van der Waals surface area contributed by atoms with Crippen LogP contribution in [0.25, 0.3) is 11.4 Å². The summed E-state index contributed by atoms with van der Waals surface area (Å²) in [6, 6.07) is 15.5. The Labute approximate surface area is 185 Å². The van der Waals surface area contributed by atoms with Crippen LogP contribution in [0.1, 0.15) is 22.8 Å². The number of nitrogens with zero attached hydrogens (tertiary/aromatic N) is 4. The van der Waals surface area contributed by atoms with Crippen LogP contribution in [0, 0.1) is 0 Å². The molecule has 2 heterocycles. The molecule has 0 saturated carbocycles. The van der Waals surface area contributed by atoms with Crippen LogP contribution in [0.15, 0.2) is 53.7 Å². The van der Waals surface area contributed by atoms with Crippen molar-refractivity contribution >= 4 is 29.3 Å². The van der Waals surface area contributed by atoms with Gasteiger partial charge in [0.15, 0.2) is 11.0 Å². The fourth-order valence-corrected chi connectivity index (χ4v) is 4.54. The molecule has 2 aromatic carbocycles. The fourth-order valence-electron chi connectivity index (χ4n) is 3.36. The Morgan fingerprint density at radius 3 is 2.53 bits per heavy atom. The van der Waals surface area contributed by atoms with E-state index < -0.39 is 0 Å². The molecule has 1 fully saturated rings. The van der Waals surface area contributed by atoms with Gasteiger partial charge in [0.1, 0.15) is 0 Å². The SMILES string of the molecule is CCn1c(SCc2ccc(C(=O)N3CCOCC3)cc2)nnc1-c1ccccc1Cl. The first-order chi connectivity index (χ1) is 14.7. The first-order valence-corrected chi connectivity index (χ1v) is 11.3. The van der Waals surface area contributed by atoms with E-state index >= 15 is 0 Å². The van der Waals surface area contributed by atoms with E-state index in [2.05, 4.69) is 21.7 Å². The zero-order valence-corrected chi connectivity index (χ0v) is 18.3. The number of halogens is 1. The zero-order chi connectivity index (χ0) is 20.9. The molecule has 0 aliphatic carbocycles. The summed E-state index contributed by atoms with van der Waals surface area (Å²) >= 11 is 7.96. The van der Waals surface area contributed by atoms with Gasteiger partial charge in [0.25, 0.3) is 5.91 Å². The monoisotopic (exact) mass is 442 g/mol. The molecule has 1 saturated heterocycles. The van der Waals surface area contributed by atoms with Crippen molar-refractivity contribution in [2.24, 2.45) is 0 Å². The zero-order valence-electron chi connectivity index (χ0n) is 16.8. The number of ether oxygens (including phenoxy) is 1. The van der Waals surface area contributed by atoms with Crippen LogP contribution in [0.4, 0.5) is 0 Å². The van der Waals surface area contributed by atoms with E-state index in [9.17, 15) is 4.79 Å². The molecule has 0 radical (unpaired) electrons. The number of carbonyl (C=O) groups is 1. The van der Waals surface area contributed by atoms with Crippen molar-refractivity contribution in [3.63, 3.8) is 0 Å². The van der Waals surface area contributed by atoms with Gasteiger partial charge in [0, 0.05) is 36.5 Å². The first-order valence-electron chi connectivity index (χ1n) is 9.94. The minimum atomic E-state index is 0.0626. The minimum absolute atomic E-state index is 0.0626. The number of carbonyl (C=O) groups excluding carboxylic acids is 1. The van der Waals surface area contributed by atoms with Gasteiger partial charge in [-0.1, -0.05) is 47.6 Å². The summed E-state index contributed by atoms with van der Waals surface area (Å²) in [5.41, 5.74) is 2.72. The Bertz CT molecular complexity index is 1020. The van der Waals surface area contributed by atoms with E-state index in [1.807, 2.05) is 53.4 Å². The third-order valence-electron chi connectivity index (χ3n) is 5.01. The molecule has 4 rings (SSSR count). The maximum absolute atomic E-state index is 12.6. The number of morpholine rings is 1. The number of rotatable bonds is 6. The van der Waals surface area contributed by atoms with Gasteiger partial charge in [-0.2, -0.15) is 0 Å². The molecule has 0 N–H and O–H groups in total. The number of hydrogen-bond acceptors (Lipinski definition) is 5. The molecule has 0 bridgehead atoms. The van der Waals surface area contributed by atoms with E-state index in [-0.39, 0.29) is 5.91 Å². The van der Waals surface area contributed by atoms with E-state index in [1.165, 1.54) is 0 Å². The summed E-state index contributed by atoms with van der Waals surface area (Å²) in [5, 5.41) is 10.2. The van der Waals surface area contributed by atoms with E-state index in [0.29, 0.717) is 36.9 Å². The Hall–Kier alpha value is -2.35. The second-order valence-electron chi connectivity index (χ2n) is 6.92. The van der Waals surface area contributed by atoms with Crippen molar-refractivity contribution in [3.05, 3.63) is 64.7 Å². The van der Waals surface area contributed by atoms with Gasteiger partial charge < -0.3 is 14.2 Å². The van der Waals surface area contributed by atoms with Crippen molar-refractivity contribution in [1.29, 1.82) is 0 Å². The van der Waals surface area contributed by atoms with Gasteiger partial charge in [-0.25, -0.2) is 0 Å². The summed E-state index contributed by atoms with van der Waals surface area (Å²) in [6.45, 7) is 5.33. The lowest BCUT2D eigenvalue weighted by atomic mass is 10.1. The summed E-state index contributed by atoms with van der Waals surface area (Å²) in [5.74, 6) is 1.58. The van der Waals surface area contributed by atoms with Gasteiger partial charge in [0.2, 0.25) is 0 Å². The molecule has 30 heavy (non-hydrogen) atoms. The molecule has 1 aromatic heterocycles. The van der Waals surface area contributed by atoms with Crippen LogP contribution in [-0.4, -0.2) is 51.9 Å². The highest BCUT2D eigenvalue weighted by atomic mass is 35.5. The largest absolute Gasteiger partial charge is 0.378 e. The number of benzene rings is 2. The second-order valence-corrected chi connectivity index (χ2v) is 8.27. The van der Waals surface area contributed by atoms with Gasteiger partial charge >= 0.3 is 0 Å². The molecule has 0 unspecified atom stereocenters. The summed E-state index contributed by atoms with van der Waals surface area (Å²) < 4.78 is 7.39. The summed E-state index contributed by atoms with van der Waals surface area (Å²) in [4.78, 5) is 14.4. The number of amides is 1. The van der Waals surface area contributed by atoms with Gasteiger partial charge in [-0.3, -0.25) is 4.79 Å². The number of hydrogen-bond donors (Lipinski definition) is 0. The van der Waals surface area contributed by atoms with E-state index in [4.69, 9.17) is 16.3 Å². The van der Waals surface area contributed by atoms with Crippen molar-refractivity contribution in [2.75, 3.05) is 26.3 Å². The predicted octanol–water partition coefficient (Wildman–Crippen LogP) is 4.38. The predicted molar refractivity (Wildman–Crippen MR) is 119 cm³/mol. The Morgan fingerprint density at radius 2 is 1.83 bits per heavy atom. The maximum atomic E-state index is 12.6. The van der Waals surface area contributed by atoms with Crippen LogP contribution in [-0.2, 0) is 17.0 Å². The van der Waals surface area contributed by atoms with Crippen molar-refractivity contribution in [2.45, 2.75) is 24.4 Å². The third kappa shape index (κ3) is 4.53. The second kappa shape index (κ2) is 9.64. The summed E-state index contributed by atoms with van der Waals surface area (Å²) in [6.07, 6.45) is 0. The average Bonchev–Trinajstić information content (AvgIpc) is 3.21. The summed E-state index contributed by atoms with van der Waals surface area (Å²) in [7, 11) is 0. The Kier molecular flexibility index (Phi) is 6.72. The lowest BCUT2D eigenvalue weighted by Gasteiger charge is -2.26. The Morgan fingerprint density at radius 1 is 1.10 bits per heavy atom.